The molecule has 6 heteroatoms. The number of hydrogen-bond donors (Lipinski definition) is 1. The molecule has 1 aliphatic heterocycles. The quantitative estimate of drug-likeness (QED) is 0.427. The second-order valence-electron chi connectivity index (χ2n) is 11.8. The van der Waals surface area contributed by atoms with Crippen molar-refractivity contribution in [3.8, 4) is 11.5 Å². The summed E-state index contributed by atoms with van der Waals surface area (Å²) in [6, 6.07) is 2.17. The molecule has 176 valence electrons. The van der Waals surface area contributed by atoms with Crippen LogP contribution in [0, 0.1) is 6.92 Å². The van der Waals surface area contributed by atoms with Gasteiger partial charge in [-0.1, -0.05) is 41.5 Å². The van der Waals surface area contributed by atoms with Crippen LogP contribution in [0.3, 0.4) is 0 Å². The molecule has 1 aliphatic rings. The molecule has 2 rings (SSSR count). The summed E-state index contributed by atoms with van der Waals surface area (Å²) in [5, 5.41) is 9.42. The Morgan fingerprint density at radius 1 is 0.968 bits per heavy atom. The monoisotopic (exact) mass is 464 g/mol. The third kappa shape index (κ3) is 5.76. The molecule has 0 amide bonds. The first-order valence-electron chi connectivity index (χ1n) is 11.5. The molecule has 1 N–H and O–H groups in total. The van der Waals surface area contributed by atoms with Gasteiger partial charge in [0.25, 0.3) is 8.32 Å². The van der Waals surface area contributed by atoms with Gasteiger partial charge in [0.05, 0.1) is 5.76 Å². The summed E-state index contributed by atoms with van der Waals surface area (Å²) >= 11 is 0. The minimum absolute atomic E-state index is 0.0975. The number of rotatable bonds is 7. The average Bonchev–Trinajstić information content (AvgIpc) is 2.61. The zero-order valence-corrected chi connectivity index (χ0v) is 23.7. The highest BCUT2D eigenvalue weighted by molar-refractivity contribution is 6.75. The molecule has 0 saturated heterocycles. The van der Waals surface area contributed by atoms with E-state index >= 15 is 0 Å². The molecule has 0 bridgehead atoms. The molecule has 0 saturated carbocycles. The van der Waals surface area contributed by atoms with Gasteiger partial charge in [0, 0.05) is 24.2 Å². The zero-order chi connectivity index (χ0) is 23.8. The van der Waals surface area contributed by atoms with E-state index in [1.54, 1.807) is 0 Å². The topological polar surface area (TPSA) is 47.9 Å². The molecule has 0 atom stereocenters. The van der Waals surface area contributed by atoms with Crippen LogP contribution in [-0.2, 0) is 11.3 Å². The lowest BCUT2D eigenvalue weighted by Crippen LogP contribution is -2.45. The van der Waals surface area contributed by atoms with E-state index in [4.69, 9.17) is 13.6 Å². The minimum atomic E-state index is -2.05. The highest BCUT2D eigenvalue weighted by Crippen LogP contribution is 2.46. The van der Waals surface area contributed by atoms with Crippen LogP contribution in [0.5, 0.6) is 11.5 Å². The number of aliphatic hydroxyl groups is 1. The lowest BCUT2D eigenvalue weighted by atomic mass is 9.99. The van der Waals surface area contributed by atoms with Crippen molar-refractivity contribution in [3.05, 3.63) is 28.5 Å². The maximum absolute atomic E-state index is 9.21. The van der Waals surface area contributed by atoms with Gasteiger partial charge in [-0.3, -0.25) is 0 Å². The lowest BCUT2D eigenvalue weighted by molar-refractivity contribution is 0.177. The summed E-state index contributed by atoms with van der Waals surface area (Å²) in [4.78, 5) is 0. The standard InChI is InChI=1S/C25H44O4Si2/c1-18-22(28-30(8,9)24(2,3)4)16-19-15-20(13-12-14-26)27-17-21(19)23(18)29-31(10,11)25(5,6)7/h15-16,26H,12-14,17H2,1-11H3. The number of ether oxygens (including phenoxy) is 1. The van der Waals surface area contributed by atoms with Gasteiger partial charge in [0.1, 0.15) is 18.1 Å². The van der Waals surface area contributed by atoms with Gasteiger partial charge in [-0.2, -0.15) is 0 Å². The molecule has 0 radical (unpaired) electrons. The molecular formula is C25H44O4Si2. The summed E-state index contributed by atoms with van der Waals surface area (Å²) in [6.07, 6.45) is 3.54. The van der Waals surface area contributed by atoms with E-state index in [0.29, 0.717) is 13.0 Å². The fraction of sp³-hybridized carbons (Fsp3) is 0.680. The van der Waals surface area contributed by atoms with Crippen LogP contribution in [0.25, 0.3) is 6.08 Å². The van der Waals surface area contributed by atoms with Crippen LogP contribution >= 0.6 is 0 Å². The van der Waals surface area contributed by atoms with Crippen LogP contribution in [0.1, 0.15) is 71.1 Å². The Morgan fingerprint density at radius 3 is 2.03 bits per heavy atom. The van der Waals surface area contributed by atoms with Gasteiger partial charge in [-0.15, -0.1) is 0 Å². The normalized spacial score (nSPS) is 15.2. The maximum atomic E-state index is 9.21. The third-order valence-corrected chi connectivity index (χ3v) is 15.9. The fourth-order valence-electron chi connectivity index (χ4n) is 2.94. The van der Waals surface area contributed by atoms with Crippen molar-refractivity contribution in [1.82, 2.24) is 0 Å². The number of hydrogen-bond acceptors (Lipinski definition) is 4. The van der Waals surface area contributed by atoms with Crippen LogP contribution in [-0.4, -0.2) is 28.3 Å². The minimum Gasteiger partial charge on any atom is -0.543 e. The van der Waals surface area contributed by atoms with E-state index in [9.17, 15) is 5.11 Å². The fourth-order valence-corrected chi connectivity index (χ4v) is 5.10. The van der Waals surface area contributed by atoms with Crippen molar-refractivity contribution in [3.63, 3.8) is 0 Å². The second-order valence-corrected chi connectivity index (χ2v) is 21.3. The predicted molar refractivity (Wildman–Crippen MR) is 136 cm³/mol. The van der Waals surface area contributed by atoms with Gasteiger partial charge in [0.15, 0.2) is 0 Å². The molecule has 0 spiro atoms. The summed E-state index contributed by atoms with van der Waals surface area (Å²) in [7, 11) is -4.05. The second kappa shape index (κ2) is 8.95. The Kier molecular flexibility index (Phi) is 7.51. The molecule has 0 unspecified atom stereocenters. The molecular weight excluding hydrogens is 420 g/mol. The van der Waals surface area contributed by atoms with E-state index in [1.165, 1.54) is 0 Å². The molecule has 4 nitrogen and oxygen atoms in total. The van der Waals surface area contributed by atoms with Gasteiger partial charge in [0.2, 0.25) is 8.32 Å². The van der Waals surface area contributed by atoms with E-state index in [0.717, 1.165) is 40.4 Å². The average molecular weight is 465 g/mol. The number of aliphatic hydroxyl groups excluding tert-OH is 1. The SMILES string of the molecule is Cc1c(O[Si](C)(C)C(C)(C)C)cc2c(c1O[Si](C)(C)C(C)(C)C)COC(CCCO)=C2. The first-order valence-corrected chi connectivity index (χ1v) is 17.3. The summed E-state index contributed by atoms with van der Waals surface area (Å²) < 4.78 is 19.7. The molecule has 31 heavy (non-hydrogen) atoms. The van der Waals surface area contributed by atoms with Crippen LogP contribution in [0.4, 0.5) is 0 Å². The summed E-state index contributed by atoms with van der Waals surface area (Å²) in [6.45, 7) is 25.5. The smallest absolute Gasteiger partial charge is 0.250 e. The molecule has 1 heterocycles. The van der Waals surface area contributed by atoms with Gasteiger partial charge >= 0.3 is 0 Å². The van der Waals surface area contributed by atoms with Crippen molar-refractivity contribution >= 4 is 22.7 Å². The Morgan fingerprint density at radius 2 is 1.52 bits per heavy atom. The predicted octanol–water partition coefficient (Wildman–Crippen LogP) is 7.41. The first kappa shape index (κ1) is 26.0. The number of allylic oxidation sites excluding steroid dienone is 1. The molecule has 0 aliphatic carbocycles. The van der Waals surface area contributed by atoms with Gasteiger partial charge in [-0.05, 0) is 67.3 Å². The number of benzene rings is 1. The lowest BCUT2D eigenvalue weighted by Gasteiger charge is -2.40. The van der Waals surface area contributed by atoms with Crippen LogP contribution in [0.15, 0.2) is 11.8 Å². The maximum Gasteiger partial charge on any atom is 0.250 e. The van der Waals surface area contributed by atoms with E-state index in [-0.39, 0.29) is 16.7 Å². The summed E-state index contributed by atoms with van der Waals surface area (Å²) in [5.74, 6) is 2.79. The Balaban J connectivity index is 2.62. The largest absolute Gasteiger partial charge is 0.543 e. The van der Waals surface area contributed by atoms with Crippen molar-refractivity contribution in [2.24, 2.45) is 0 Å². The van der Waals surface area contributed by atoms with Crippen molar-refractivity contribution < 1.29 is 18.7 Å². The molecule has 0 fully saturated rings. The van der Waals surface area contributed by atoms with Crippen molar-refractivity contribution in [2.45, 2.75) is 104 Å². The van der Waals surface area contributed by atoms with Crippen LogP contribution < -0.4 is 8.85 Å². The Bertz CT molecular complexity index is 827. The van der Waals surface area contributed by atoms with Gasteiger partial charge in [-0.25, -0.2) is 0 Å². The highest BCUT2D eigenvalue weighted by Gasteiger charge is 2.42. The molecule has 1 aromatic carbocycles. The Labute approximate surface area is 192 Å². The van der Waals surface area contributed by atoms with E-state index in [2.05, 4.69) is 86.8 Å². The molecule has 0 aromatic heterocycles. The van der Waals surface area contributed by atoms with E-state index in [1.807, 2.05) is 0 Å². The first-order chi connectivity index (χ1) is 14.0. The highest BCUT2D eigenvalue weighted by atomic mass is 28.4. The van der Waals surface area contributed by atoms with Crippen LogP contribution in [0.2, 0.25) is 36.3 Å². The van der Waals surface area contributed by atoms with Crippen molar-refractivity contribution in [1.29, 1.82) is 0 Å². The zero-order valence-electron chi connectivity index (χ0n) is 21.7. The van der Waals surface area contributed by atoms with Gasteiger partial charge < -0.3 is 18.7 Å². The number of fused-ring (bicyclic) bond motifs is 1. The third-order valence-electron chi connectivity index (χ3n) is 7.25. The van der Waals surface area contributed by atoms with Crippen molar-refractivity contribution in [2.75, 3.05) is 6.61 Å². The molecule has 1 aromatic rings. The summed E-state index contributed by atoms with van der Waals surface area (Å²) in [5.41, 5.74) is 3.30. The van der Waals surface area contributed by atoms with E-state index < -0.39 is 16.6 Å². The Hall–Kier alpha value is -1.25.